The minimum Gasteiger partial charge on any atom is -0.481 e. The summed E-state index contributed by atoms with van der Waals surface area (Å²) in [6.45, 7) is 2.99. The summed E-state index contributed by atoms with van der Waals surface area (Å²) in [7, 11) is -1.74. The largest absolute Gasteiger partial charge is 0.481 e. The predicted octanol–water partition coefficient (Wildman–Crippen LogP) is 1.32. The first-order valence-electron chi connectivity index (χ1n) is 7.08. The van der Waals surface area contributed by atoms with Gasteiger partial charge in [-0.3, -0.25) is 4.79 Å². The Hall–Kier alpha value is -0.660. The molecule has 0 unspecified atom stereocenters. The second-order valence-corrected chi connectivity index (χ2v) is 7.49. The lowest BCUT2D eigenvalue weighted by atomic mass is 9.75. The summed E-state index contributed by atoms with van der Waals surface area (Å²) in [5.74, 6) is -0.731. The van der Waals surface area contributed by atoms with Gasteiger partial charge in [0.15, 0.2) is 0 Å². The maximum atomic E-state index is 12.1. The van der Waals surface area contributed by atoms with Crippen LogP contribution in [-0.4, -0.2) is 56.4 Å². The monoisotopic (exact) mass is 307 g/mol. The Balaban J connectivity index is 2.62. The minimum absolute atomic E-state index is 0.0642. The van der Waals surface area contributed by atoms with Crippen LogP contribution in [0.5, 0.6) is 0 Å². The highest BCUT2D eigenvalue weighted by Crippen LogP contribution is 2.37. The smallest absolute Gasteiger partial charge is 0.309 e. The molecular formula is C13H25NO5S. The second kappa shape index (κ2) is 7.38. The van der Waals surface area contributed by atoms with Crippen LogP contribution in [0.15, 0.2) is 0 Å². The normalized spacial score (nSPS) is 19.9. The Kier molecular flexibility index (Phi) is 6.42. The number of nitrogens with zero attached hydrogens (tertiary/aromatic N) is 1. The van der Waals surface area contributed by atoms with Gasteiger partial charge in [0.05, 0.1) is 11.2 Å². The highest BCUT2D eigenvalue weighted by molar-refractivity contribution is 7.89. The Morgan fingerprint density at radius 3 is 2.40 bits per heavy atom. The van der Waals surface area contributed by atoms with Gasteiger partial charge in [-0.05, 0) is 25.7 Å². The molecule has 118 valence electrons. The van der Waals surface area contributed by atoms with E-state index in [1.807, 2.05) is 6.92 Å². The van der Waals surface area contributed by atoms with Crippen LogP contribution in [0.2, 0.25) is 0 Å². The van der Waals surface area contributed by atoms with E-state index in [9.17, 15) is 18.3 Å². The van der Waals surface area contributed by atoms with Gasteiger partial charge in [0.2, 0.25) is 10.0 Å². The van der Waals surface area contributed by atoms with Crippen molar-refractivity contribution < 1.29 is 23.1 Å². The standard InChI is InChI=1S/C13H25NO5S/c1-3-5-13(12(15)16)6-8-14(9-7-13)20(17,18)11-4-10-19-2/h3-11H2,1-2H3,(H,15,16). The van der Waals surface area contributed by atoms with E-state index in [1.165, 1.54) is 4.31 Å². The summed E-state index contributed by atoms with van der Waals surface area (Å²) in [6.07, 6.45) is 2.68. The zero-order valence-electron chi connectivity index (χ0n) is 12.3. The number of hydrogen-bond acceptors (Lipinski definition) is 4. The quantitative estimate of drug-likeness (QED) is 0.684. The molecule has 0 aromatic carbocycles. The van der Waals surface area contributed by atoms with E-state index in [4.69, 9.17) is 4.74 Å². The Morgan fingerprint density at radius 1 is 1.35 bits per heavy atom. The average molecular weight is 307 g/mol. The Morgan fingerprint density at radius 2 is 1.95 bits per heavy atom. The van der Waals surface area contributed by atoms with Crippen LogP contribution < -0.4 is 0 Å². The van der Waals surface area contributed by atoms with Crippen molar-refractivity contribution >= 4 is 16.0 Å². The minimum atomic E-state index is -3.29. The molecule has 6 nitrogen and oxygen atoms in total. The summed E-state index contributed by atoms with van der Waals surface area (Å²) >= 11 is 0. The average Bonchev–Trinajstić information content (AvgIpc) is 2.39. The first-order valence-corrected chi connectivity index (χ1v) is 8.69. The number of ether oxygens (including phenoxy) is 1. The van der Waals surface area contributed by atoms with E-state index in [-0.39, 0.29) is 5.75 Å². The first kappa shape index (κ1) is 17.4. The molecular weight excluding hydrogens is 282 g/mol. The van der Waals surface area contributed by atoms with Gasteiger partial charge in [0, 0.05) is 26.8 Å². The van der Waals surface area contributed by atoms with Crippen molar-refractivity contribution in [2.24, 2.45) is 5.41 Å². The van der Waals surface area contributed by atoms with Crippen molar-refractivity contribution in [1.29, 1.82) is 0 Å². The number of piperidine rings is 1. The molecule has 1 saturated heterocycles. The number of carbonyl (C=O) groups is 1. The molecule has 7 heteroatoms. The van der Waals surface area contributed by atoms with Crippen LogP contribution in [0, 0.1) is 5.41 Å². The highest BCUT2D eigenvalue weighted by Gasteiger charge is 2.42. The van der Waals surface area contributed by atoms with Gasteiger partial charge in [-0.2, -0.15) is 0 Å². The molecule has 1 N–H and O–H groups in total. The Labute approximate surface area is 121 Å². The summed E-state index contributed by atoms with van der Waals surface area (Å²) in [4.78, 5) is 11.4. The highest BCUT2D eigenvalue weighted by atomic mass is 32.2. The van der Waals surface area contributed by atoms with Crippen molar-refractivity contribution in [3.63, 3.8) is 0 Å². The fourth-order valence-electron chi connectivity index (χ4n) is 2.76. The van der Waals surface area contributed by atoms with Crippen molar-refractivity contribution in [3.8, 4) is 0 Å². The SMILES string of the molecule is CCCC1(C(=O)O)CCN(S(=O)(=O)CCCOC)CC1. The fraction of sp³-hybridized carbons (Fsp3) is 0.923. The van der Waals surface area contributed by atoms with Crippen LogP contribution in [-0.2, 0) is 19.6 Å². The lowest BCUT2D eigenvalue weighted by Crippen LogP contribution is -2.47. The molecule has 0 aromatic heterocycles. The van der Waals surface area contributed by atoms with Gasteiger partial charge < -0.3 is 9.84 Å². The summed E-state index contributed by atoms with van der Waals surface area (Å²) in [6, 6.07) is 0. The molecule has 0 radical (unpaired) electrons. The van der Waals surface area contributed by atoms with Crippen LogP contribution in [0.3, 0.4) is 0 Å². The Bertz CT molecular complexity index is 412. The molecule has 0 saturated carbocycles. The molecule has 1 aliphatic heterocycles. The molecule has 0 atom stereocenters. The van der Waals surface area contributed by atoms with Crippen LogP contribution >= 0.6 is 0 Å². The number of hydrogen-bond donors (Lipinski definition) is 1. The number of methoxy groups -OCH3 is 1. The van der Waals surface area contributed by atoms with Gasteiger partial charge in [-0.1, -0.05) is 13.3 Å². The maximum Gasteiger partial charge on any atom is 0.309 e. The molecule has 0 aliphatic carbocycles. The summed E-state index contributed by atoms with van der Waals surface area (Å²) in [5, 5.41) is 9.40. The van der Waals surface area contributed by atoms with E-state index in [1.54, 1.807) is 7.11 Å². The first-order chi connectivity index (χ1) is 9.38. The fourth-order valence-corrected chi connectivity index (χ4v) is 4.24. The van der Waals surface area contributed by atoms with Crippen molar-refractivity contribution in [3.05, 3.63) is 0 Å². The number of carboxylic acid groups (broad SMARTS) is 1. The van der Waals surface area contributed by atoms with Crippen molar-refractivity contribution in [1.82, 2.24) is 4.31 Å². The van der Waals surface area contributed by atoms with E-state index < -0.39 is 21.4 Å². The molecule has 1 heterocycles. The molecule has 1 fully saturated rings. The molecule has 0 spiro atoms. The van der Waals surface area contributed by atoms with Gasteiger partial charge in [0.1, 0.15) is 0 Å². The van der Waals surface area contributed by atoms with Crippen LogP contribution in [0.1, 0.15) is 39.0 Å². The molecule has 0 amide bonds. The van der Waals surface area contributed by atoms with Gasteiger partial charge in [0.25, 0.3) is 0 Å². The van der Waals surface area contributed by atoms with Crippen molar-refractivity contribution in [2.75, 3.05) is 32.6 Å². The van der Waals surface area contributed by atoms with Gasteiger partial charge in [-0.15, -0.1) is 0 Å². The number of rotatable bonds is 8. The lowest BCUT2D eigenvalue weighted by Gasteiger charge is -2.38. The van der Waals surface area contributed by atoms with Crippen LogP contribution in [0.4, 0.5) is 0 Å². The van der Waals surface area contributed by atoms with E-state index in [2.05, 4.69) is 0 Å². The molecule has 0 aromatic rings. The zero-order valence-corrected chi connectivity index (χ0v) is 13.1. The number of sulfonamides is 1. The van der Waals surface area contributed by atoms with Crippen LogP contribution in [0.25, 0.3) is 0 Å². The third-order valence-corrected chi connectivity index (χ3v) is 5.96. The van der Waals surface area contributed by atoms with E-state index in [0.29, 0.717) is 45.4 Å². The van der Waals surface area contributed by atoms with E-state index in [0.717, 1.165) is 6.42 Å². The third-order valence-electron chi connectivity index (χ3n) is 4.01. The topological polar surface area (TPSA) is 83.9 Å². The summed E-state index contributed by atoms with van der Waals surface area (Å²) < 4.78 is 30.5. The third kappa shape index (κ3) is 4.17. The molecule has 20 heavy (non-hydrogen) atoms. The zero-order chi connectivity index (χ0) is 15.2. The molecule has 0 bridgehead atoms. The second-order valence-electron chi connectivity index (χ2n) is 5.40. The predicted molar refractivity (Wildman–Crippen MR) is 76.1 cm³/mol. The lowest BCUT2D eigenvalue weighted by molar-refractivity contribution is -0.152. The van der Waals surface area contributed by atoms with Gasteiger partial charge >= 0.3 is 5.97 Å². The van der Waals surface area contributed by atoms with E-state index >= 15 is 0 Å². The van der Waals surface area contributed by atoms with Crippen molar-refractivity contribution in [2.45, 2.75) is 39.0 Å². The summed E-state index contributed by atoms with van der Waals surface area (Å²) in [5.41, 5.74) is -0.743. The molecule has 1 aliphatic rings. The number of aliphatic carboxylic acids is 1. The number of carboxylic acids is 1. The molecule has 1 rings (SSSR count). The van der Waals surface area contributed by atoms with Gasteiger partial charge in [-0.25, -0.2) is 12.7 Å². The maximum absolute atomic E-state index is 12.1.